The van der Waals surface area contributed by atoms with Crippen LogP contribution in [-0.4, -0.2) is 21.6 Å². The van der Waals surface area contributed by atoms with Crippen molar-refractivity contribution in [3.05, 3.63) is 29.7 Å². The Kier molecular flexibility index (Phi) is 2.48. The molecule has 5 nitrogen and oxygen atoms in total. The fourth-order valence-electron chi connectivity index (χ4n) is 1.81. The van der Waals surface area contributed by atoms with E-state index in [4.69, 9.17) is 20.8 Å². The van der Waals surface area contributed by atoms with E-state index in [1.54, 1.807) is 6.20 Å². The molecule has 0 radical (unpaired) electrons. The van der Waals surface area contributed by atoms with Crippen molar-refractivity contribution in [2.75, 3.05) is 7.11 Å². The lowest BCUT2D eigenvalue weighted by Crippen LogP contribution is -1.89. The van der Waals surface area contributed by atoms with Gasteiger partial charge in [0, 0.05) is 24.8 Å². The zero-order valence-electron chi connectivity index (χ0n) is 9.85. The standard InChI is InChI=1S/C12H10ClN3O2/c1-16-4-3-7-10(13)8(5-14-11(7)16)12-15-6-9(17-2)18-12/h3-6H,1-2H3. The summed E-state index contributed by atoms with van der Waals surface area (Å²) >= 11 is 6.35. The Morgan fingerprint density at radius 3 is 2.89 bits per heavy atom. The smallest absolute Gasteiger partial charge is 0.305 e. The van der Waals surface area contributed by atoms with E-state index in [2.05, 4.69) is 9.97 Å². The van der Waals surface area contributed by atoms with Crippen LogP contribution in [0.5, 0.6) is 5.95 Å². The lowest BCUT2D eigenvalue weighted by molar-refractivity contribution is 0.309. The molecule has 0 bridgehead atoms. The Balaban J connectivity index is 2.20. The Bertz CT molecular complexity index is 717. The van der Waals surface area contributed by atoms with Crippen LogP contribution in [-0.2, 0) is 7.05 Å². The number of hydrogen-bond acceptors (Lipinski definition) is 4. The first-order chi connectivity index (χ1) is 8.70. The maximum Gasteiger partial charge on any atom is 0.305 e. The molecule has 0 amide bonds. The number of rotatable bonds is 2. The van der Waals surface area contributed by atoms with Crippen molar-refractivity contribution in [2.45, 2.75) is 0 Å². The number of aryl methyl sites for hydroxylation is 1. The molecule has 0 N–H and O–H groups in total. The largest absolute Gasteiger partial charge is 0.467 e. The molecule has 0 saturated carbocycles. The number of oxazole rings is 1. The van der Waals surface area contributed by atoms with Gasteiger partial charge in [-0.25, -0.2) is 9.97 Å². The van der Waals surface area contributed by atoms with E-state index in [0.29, 0.717) is 22.4 Å². The number of hydrogen-bond donors (Lipinski definition) is 0. The first-order valence-corrected chi connectivity index (χ1v) is 5.68. The van der Waals surface area contributed by atoms with E-state index in [0.717, 1.165) is 11.0 Å². The zero-order chi connectivity index (χ0) is 12.7. The van der Waals surface area contributed by atoms with Gasteiger partial charge < -0.3 is 13.7 Å². The van der Waals surface area contributed by atoms with Crippen molar-refractivity contribution < 1.29 is 9.15 Å². The molecule has 0 aromatic carbocycles. The van der Waals surface area contributed by atoms with Crippen LogP contribution in [0.2, 0.25) is 5.02 Å². The molecule has 0 unspecified atom stereocenters. The topological polar surface area (TPSA) is 53.1 Å². The van der Waals surface area contributed by atoms with Crippen LogP contribution in [0.25, 0.3) is 22.5 Å². The number of methoxy groups -OCH3 is 1. The highest BCUT2D eigenvalue weighted by Gasteiger charge is 2.15. The normalized spacial score (nSPS) is 11.1. The van der Waals surface area contributed by atoms with Crippen molar-refractivity contribution in [3.8, 4) is 17.4 Å². The molecule has 3 aromatic heterocycles. The lowest BCUT2D eigenvalue weighted by atomic mass is 10.2. The van der Waals surface area contributed by atoms with Gasteiger partial charge in [-0.15, -0.1) is 0 Å². The van der Waals surface area contributed by atoms with Crippen LogP contribution in [0.4, 0.5) is 0 Å². The first-order valence-electron chi connectivity index (χ1n) is 5.30. The second kappa shape index (κ2) is 4.03. The SMILES string of the molecule is COc1cnc(-c2cnc3c(ccn3C)c2Cl)o1. The van der Waals surface area contributed by atoms with Crippen molar-refractivity contribution >= 4 is 22.6 Å². The summed E-state index contributed by atoms with van der Waals surface area (Å²) in [6.45, 7) is 0. The van der Waals surface area contributed by atoms with Gasteiger partial charge in [-0.1, -0.05) is 11.6 Å². The van der Waals surface area contributed by atoms with Crippen LogP contribution in [0.1, 0.15) is 0 Å². The van der Waals surface area contributed by atoms with Gasteiger partial charge in [0.05, 0.1) is 17.7 Å². The highest BCUT2D eigenvalue weighted by molar-refractivity contribution is 6.37. The predicted molar refractivity (Wildman–Crippen MR) is 67.8 cm³/mol. The molecule has 0 aliphatic carbocycles. The summed E-state index contributed by atoms with van der Waals surface area (Å²) in [6, 6.07) is 1.91. The van der Waals surface area contributed by atoms with Gasteiger partial charge in [-0.3, -0.25) is 0 Å². The summed E-state index contributed by atoms with van der Waals surface area (Å²) in [4.78, 5) is 8.46. The molecule has 18 heavy (non-hydrogen) atoms. The molecule has 92 valence electrons. The molecule has 0 aliphatic rings. The van der Waals surface area contributed by atoms with Crippen LogP contribution >= 0.6 is 11.6 Å². The third-order valence-electron chi connectivity index (χ3n) is 2.74. The highest BCUT2D eigenvalue weighted by atomic mass is 35.5. The van der Waals surface area contributed by atoms with Crippen LogP contribution in [0.15, 0.2) is 29.1 Å². The minimum atomic E-state index is 0.342. The Morgan fingerprint density at radius 2 is 2.17 bits per heavy atom. The van der Waals surface area contributed by atoms with E-state index < -0.39 is 0 Å². The molecule has 0 aliphatic heterocycles. The molecule has 0 saturated heterocycles. The number of pyridine rings is 1. The minimum absolute atomic E-state index is 0.342. The molecular formula is C12H10ClN3O2. The third kappa shape index (κ3) is 1.55. The Hall–Kier alpha value is -2.01. The van der Waals surface area contributed by atoms with Gasteiger partial charge >= 0.3 is 5.95 Å². The van der Waals surface area contributed by atoms with Gasteiger partial charge in [0.15, 0.2) is 0 Å². The second-order valence-electron chi connectivity index (χ2n) is 3.84. The number of aromatic nitrogens is 3. The summed E-state index contributed by atoms with van der Waals surface area (Å²) in [5, 5.41) is 1.44. The summed E-state index contributed by atoms with van der Waals surface area (Å²) in [5.74, 6) is 0.740. The molecule has 6 heteroatoms. The fourth-order valence-corrected chi connectivity index (χ4v) is 2.09. The first kappa shape index (κ1) is 11.1. The quantitative estimate of drug-likeness (QED) is 0.713. The zero-order valence-corrected chi connectivity index (χ0v) is 10.6. The molecular weight excluding hydrogens is 254 g/mol. The number of nitrogens with zero attached hydrogens (tertiary/aromatic N) is 3. The molecule has 0 atom stereocenters. The average molecular weight is 264 g/mol. The Labute approximate surface area is 108 Å². The lowest BCUT2D eigenvalue weighted by Gasteiger charge is -2.01. The van der Waals surface area contributed by atoms with Crippen molar-refractivity contribution in [2.24, 2.45) is 7.05 Å². The van der Waals surface area contributed by atoms with Gasteiger partial charge in [-0.05, 0) is 6.07 Å². The van der Waals surface area contributed by atoms with Crippen LogP contribution < -0.4 is 4.74 Å². The molecule has 0 spiro atoms. The Morgan fingerprint density at radius 1 is 1.33 bits per heavy atom. The van der Waals surface area contributed by atoms with Crippen molar-refractivity contribution in [1.82, 2.24) is 14.5 Å². The molecule has 0 fully saturated rings. The maximum atomic E-state index is 6.35. The highest BCUT2D eigenvalue weighted by Crippen LogP contribution is 2.33. The van der Waals surface area contributed by atoms with Crippen LogP contribution in [0, 0.1) is 0 Å². The summed E-state index contributed by atoms with van der Waals surface area (Å²) in [7, 11) is 3.43. The van der Waals surface area contributed by atoms with Crippen molar-refractivity contribution in [1.29, 1.82) is 0 Å². The van der Waals surface area contributed by atoms with E-state index in [-0.39, 0.29) is 0 Å². The second-order valence-corrected chi connectivity index (χ2v) is 4.22. The number of halogens is 1. The van der Waals surface area contributed by atoms with Gasteiger partial charge in [0.1, 0.15) is 11.8 Å². The maximum absolute atomic E-state index is 6.35. The van der Waals surface area contributed by atoms with E-state index in [1.165, 1.54) is 13.3 Å². The van der Waals surface area contributed by atoms with Gasteiger partial charge in [0.25, 0.3) is 0 Å². The van der Waals surface area contributed by atoms with Crippen LogP contribution in [0.3, 0.4) is 0 Å². The summed E-state index contributed by atoms with van der Waals surface area (Å²) < 4.78 is 12.2. The minimum Gasteiger partial charge on any atom is -0.467 e. The number of fused-ring (bicyclic) bond motifs is 1. The summed E-state index contributed by atoms with van der Waals surface area (Å²) in [6.07, 6.45) is 5.06. The van der Waals surface area contributed by atoms with E-state index >= 15 is 0 Å². The predicted octanol–water partition coefficient (Wildman–Crippen LogP) is 2.89. The summed E-state index contributed by atoms with van der Waals surface area (Å²) in [5.41, 5.74) is 1.47. The third-order valence-corrected chi connectivity index (χ3v) is 3.15. The fraction of sp³-hybridized carbons (Fsp3) is 0.167. The number of ether oxygens (including phenoxy) is 1. The average Bonchev–Trinajstić information content (AvgIpc) is 2.98. The van der Waals surface area contributed by atoms with E-state index in [9.17, 15) is 0 Å². The molecule has 3 rings (SSSR count). The van der Waals surface area contributed by atoms with Gasteiger partial charge in [0.2, 0.25) is 5.89 Å². The van der Waals surface area contributed by atoms with Gasteiger partial charge in [-0.2, -0.15) is 0 Å². The molecule has 3 heterocycles. The van der Waals surface area contributed by atoms with Crippen molar-refractivity contribution in [3.63, 3.8) is 0 Å². The molecule has 3 aromatic rings. The van der Waals surface area contributed by atoms with E-state index in [1.807, 2.05) is 23.9 Å². The monoisotopic (exact) mass is 263 g/mol.